The van der Waals surface area contributed by atoms with Crippen LogP contribution in [0, 0.1) is 18.8 Å². The number of hydrogen-bond acceptors (Lipinski definition) is 6. The van der Waals surface area contributed by atoms with Crippen molar-refractivity contribution >= 4 is 51.7 Å². The fraction of sp³-hybridized carbons (Fsp3) is 0.538. The van der Waals surface area contributed by atoms with Crippen molar-refractivity contribution in [3.63, 3.8) is 0 Å². The lowest BCUT2D eigenvalue weighted by Crippen LogP contribution is -2.40. The number of anilines is 1. The molecule has 0 bridgehead atoms. The van der Waals surface area contributed by atoms with E-state index in [9.17, 15) is 9.59 Å². The highest BCUT2D eigenvalue weighted by molar-refractivity contribution is 8.26. The summed E-state index contributed by atoms with van der Waals surface area (Å²) in [5.74, 6) is 1.59. The van der Waals surface area contributed by atoms with Crippen molar-refractivity contribution < 1.29 is 4.79 Å². The third kappa shape index (κ3) is 5.08. The van der Waals surface area contributed by atoms with E-state index in [0.29, 0.717) is 44.6 Å². The van der Waals surface area contributed by atoms with E-state index in [4.69, 9.17) is 17.2 Å². The molecule has 2 saturated heterocycles. The standard InChI is InChI=1S/C26H34N4O2S2/c1-5-6-7-8-11-30-25(32)21(34-26(30)33)14-20-23(28-15-17(2)13-18(3)16-28)27-22-19(4)10-9-12-29(22)24(20)31/h9-10,12,14,17-18H,5-8,11,13,15-16H2,1-4H3/b21-14+/t17-,18-/m1/s1. The first-order valence-corrected chi connectivity index (χ1v) is 13.5. The van der Waals surface area contributed by atoms with E-state index < -0.39 is 0 Å². The van der Waals surface area contributed by atoms with Gasteiger partial charge in [0.1, 0.15) is 15.8 Å². The lowest BCUT2D eigenvalue weighted by Gasteiger charge is -2.36. The van der Waals surface area contributed by atoms with Gasteiger partial charge in [-0.1, -0.05) is 70.1 Å². The maximum absolute atomic E-state index is 13.7. The first kappa shape index (κ1) is 24.9. The van der Waals surface area contributed by atoms with Crippen molar-refractivity contribution in [1.29, 1.82) is 0 Å². The largest absolute Gasteiger partial charge is 0.355 e. The van der Waals surface area contributed by atoms with E-state index in [-0.39, 0.29) is 11.5 Å². The van der Waals surface area contributed by atoms with Crippen molar-refractivity contribution in [3.05, 3.63) is 44.7 Å². The molecule has 0 N–H and O–H groups in total. The van der Waals surface area contributed by atoms with Gasteiger partial charge in [0.15, 0.2) is 0 Å². The highest BCUT2D eigenvalue weighted by Crippen LogP contribution is 2.35. The van der Waals surface area contributed by atoms with Crippen LogP contribution in [0.2, 0.25) is 0 Å². The predicted octanol–water partition coefficient (Wildman–Crippen LogP) is 5.27. The molecule has 8 heteroatoms. The van der Waals surface area contributed by atoms with Crippen LogP contribution in [0.3, 0.4) is 0 Å². The number of aryl methyl sites for hydroxylation is 1. The molecule has 2 aliphatic rings. The van der Waals surface area contributed by atoms with E-state index in [0.717, 1.165) is 50.8 Å². The molecule has 2 aromatic heterocycles. The molecule has 0 aliphatic carbocycles. The lowest BCUT2D eigenvalue weighted by molar-refractivity contribution is -0.122. The zero-order chi connectivity index (χ0) is 24.4. The van der Waals surface area contributed by atoms with Crippen molar-refractivity contribution in [1.82, 2.24) is 14.3 Å². The van der Waals surface area contributed by atoms with Crippen LogP contribution in [0.4, 0.5) is 5.82 Å². The highest BCUT2D eigenvalue weighted by Gasteiger charge is 2.33. The fourth-order valence-corrected chi connectivity index (χ4v) is 6.31. The van der Waals surface area contributed by atoms with E-state index in [1.54, 1.807) is 21.6 Å². The Kier molecular flexibility index (Phi) is 7.77. The smallest absolute Gasteiger partial charge is 0.267 e. The van der Waals surface area contributed by atoms with E-state index >= 15 is 0 Å². The number of unbranched alkanes of at least 4 members (excludes halogenated alkanes) is 3. The number of nitrogens with zero attached hydrogens (tertiary/aromatic N) is 4. The number of piperidine rings is 1. The summed E-state index contributed by atoms with van der Waals surface area (Å²) in [6, 6.07) is 3.83. The number of thiocarbonyl (C=S) groups is 1. The van der Waals surface area contributed by atoms with Crippen LogP contribution in [0.5, 0.6) is 0 Å². The van der Waals surface area contributed by atoms with Gasteiger partial charge >= 0.3 is 0 Å². The van der Waals surface area contributed by atoms with Crippen LogP contribution in [0.25, 0.3) is 11.7 Å². The second-order valence-corrected chi connectivity index (χ2v) is 11.5. The summed E-state index contributed by atoms with van der Waals surface area (Å²) < 4.78 is 2.16. The molecule has 2 atom stereocenters. The van der Waals surface area contributed by atoms with Gasteiger partial charge in [0.05, 0.1) is 10.5 Å². The molecular weight excluding hydrogens is 464 g/mol. The zero-order valence-corrected chi connectivity index (χ0v) is 22.2. The maximum Gasteiger partial charge on any atom is 0.267 e. The number of carbonyl (C=O) groups is 1. The molecule has 34 heavy (non-hydrogen) atoms. The molecule has 1 amide bonds. The Hall–Kier alpha value is -2.19. The summed E-state index contributed by atoms with van der Waals surface area (Å²) in [7, 11) is 0. The average molecular weight is 499 g/mol. The number of hydrogen-bond donors (Lipinski definition) is 0. The Morgan fingerprint density at radius 1 is 1.18 bits per heavy atom. The van der Waals surface area contributed by atoms with Crippen LogP contribution in [0.1, 0.15) is 64.0 Å². The van der Waals surface area contributed by atoms with Gasteiger partial charge < -0.3 is 4.90 Å². The average Bonchev–Trinajstić information content (AvgIpc) is 3.05. The number of aromatic nitrogens is 2. The van der Waals surface area contributed by atoms with Gasteiger partial charge in [-0.3, -0.25) is 18.9 Å². The molecule has 4 heterocycles. The van der Waals surface area contributed by atoms with E-state index in [1.807, 2.05) is 19.1 Å². The third-order valence-corrected chi connectivity index (χ3v) is 7.99. The topological polar surface area (TPSA) is 57.9 Å². The monoisotopic (exact) mass is 498 g/mol. The minimum Gasteiger partial charge on any atom is -0.355 e. The van der Waals surface area contributed by atoms with Crippen molar-refractivity contribution in [2.24, 2.45) is 11.8 Å². The van der Waals surface area contributed by atoms with Gasteiger partial charge in [-0.2, -0.15) is 0 Å². The quantitative estimate of drug-likeness (QED) is 0.295. The maximum atomic E-state index is 13.7. The molecule has 4 rings (SSSR count). The summed E-state index contributed by atoms with van der Waals surface area (Å²) in [6.45, 7) is 10.9. The van der Waals surface area contributed by atoms with Crippen molar-refractivity contribution in [2.45, 2.75) is 59.8 Å². The van der Waals surface area contributed by atoms with Gasteiger partial charge in [0.25, 0.3) is 11.5 Å². The van der Waals surface area contributed by atoms with Gasteiger partial charge in [0.2, 0.25) is 0 Å². The lowest BCUT2D eigenvalue weighted by atomic mass is 9.91. The summed E-state index contributed by atoms with van der Waals surface area (Å²) in [4.78, 5) is 36.3. The molecular formula is C26H34N4O2S2. The van der Waals surface area contributed by atoms with Gasteiger partial charge in [0, 0.05) is 25.8 Å². The first-order valence-electron chi connectivity index (χ1n) is 12.3. The molecule has 2 aromatic rings. The number of carbonyl (C=O) groups excluding carboxylic acids is 1. The normalized spacial score (nSPS) is 22.4. The number of rotatable bonds is 7. The minimum atomic E-state index is -0.150. The number of amides is 1. The Morgan fingerprint density at radius 2 is 1.91 bits per heavy atom. The summed E-state index contributed by atoms with van der Waals surface area (Å²) >= 11 is 6.81. The van der Waals surface area contributed by atoms with Crippen LogP contribution in [-0.4, -0.2) is 44.1 Å². The Morgan fingerprint density at radius 3 is 2.62 bits per heavy atom. The molecule has 6 nitrogen and oxygen atoms in total. The van der Waals surface area contributed by atoms with Crippen LogP contribution in [0.15, 0.2) is 28.0 Å². The van der Waals surface area contributed by atoms with E-state index in [1.165, 1.54) is 11.8 Å². The summed E-state index contributed by atoms with van der Waals surface area (Å²) in [5, 5.41) is 0. The van der Waals surface area contributed by atoms with Crippen LogP contribution in [-0.2, 0) is 4.79 Å². The third-order valence-electron chi connectivity index (χ3n) is 6.62. The predicted molar refractivity (Wildman–Crippen MR) is 145 cm³/mol. The molecule has 0 saturated carbocycles. The number of fused-ring (bicyclic) bond motifs is 1. The summed E-state index contributed by atoms with van der Waals surface area (Å²) in [6.07, 6.45) is 8.95. The Bertz CT molecular complexity index is 1180. The minimum absolute atomic E-state index is 0.105. The SMILES string of the molecule is CCCCCCN1C(=O)/C(=C\c2c(N3C[C@H](C)C[C@@H](C)C3)nc3c(C)cccn3c2=O)SC1=S. The van der Waals surface area contributed by atoms with Gasteiger partial charge in [-0.25, -0.2) is 4.98 Å². The Balaban J connectivity index is 1.76. The molecule has 2 fully saturated rings. The summed E-state index contributed by atoms with van der Waals surface area (Å²) in [5.41, 5.74) is 1.93. The Labute approximate surface area is 211 Å². The zero-order valence-electron chi connectivity index (χ0n) is 20.5. The number of thioether (sulfide) groups is 1. The van der Waals surface area contributed by atoms with Crippen molar-refractivity contribution in [3.8, 4) is 0 Å². The molecule has 0 unspecified atom stereocenters. The van der Waals surface area contributed by atoms with Crippen LogP contribution >= 0.6 is 24.0 Å². The fourth-order valence-electron chi connectivity index (χ4n) is 5.02. The molecule has 0 radical (unpaired) electrons. The molecule has 2 aliphatic heterocycles. The highest BCUT2D eigenvalue weighted by atomic mass is 32.2. The van der Waals surface area contributed by atoms with Gasteiger partial charge in [-0.15, -0.1) is 0 Å². The van der Waals surface area contributed by atoms with Gasteiger partial charge in [-0.05, 0) is 49.3 Å². The first-order chi connectivity index (χ1) is 16.3. The molecule has 0 aromatic carbocycles. The molecule has 182 valence electrons. The molecule has 0 spiro atoms. The second kappa shape index (κ2) is 10.6. The van der Waals surface area contributed by atoms with Crippen LogP contribution < -0.4 is 10.5 Å². The second-order valence-electron chi connectivity index (χ2n) is 9.78. The van der Waals surface area contributed by atoms with Crippen molar-refractivity contribution in [2.75, 3.05) is 24.5 Å². The van der Waals surface area contributed by atoms with E-state index in [2.05, 4.69) is 25.7 Å². The number of pyridine rings is 1.